The minimum absolute atomic E-state index is 0.0758. The van der Waals surface area contributed by atoms with Crippen LogP contribution in [-0.2, 0) is 27.2 Å². The quantitative estimate of drug-likeness (QED) is 0.278. The molecule has 3 aromatic rings. The van der Waals surface area contributed by atoms with Gasteiger partial charge in [-0.3, -0.25) is 14.8 Å². The predicted molar refractivity (Wildman–Crippen MR) is 207 cm³/mol. The Morgan fingerprint density at radius 3 is 2.46 bits per heavy atom. The van der Waals surface area contributed by atoms with E-state index in [-0.39, 0.29) is 36.2 Å². The van der Waals surface area contributed by atoms with E-state index in [0.717, 1.165) is 77.5 Å². The van der Waals surface area contributed by atoms with Crippen LogP contribution in [0.2, 0.25) is 0 Å². The Labute approximate surface area is 318 Å². The molecule has 1 aliphatic carbocycles. The number of rotatable bonds is 5. The molecule has 1 N–H and O–H groups in total. The largest absolute Gasteiger partial charge is 0.488 e. The van der Waals surface area contributed by atoms with Crippen LogP contribution >= 0.6 is 0 Å². The summed E-state index contributed by atoms with van der Waals surface area (Å²) < 4.78 is 23.5. The number of ether oxygens (including phenoxy) is 4. The van der Waals surface area contributed by atoms with Crippen LogP contribution in [0.5, 0.6) is 5.75 Å². The number of likely N-dealkylation sites (tertiary alicyclic amines) is 2. The summed E-state index contributed by atoms with van der Waals surface area (Å²) in [5, 5.41) is 0. The summed E-state index contributed by atoms with van der Waals surface area (Å²) in [7, 11) is 1.71. The van der Waals surface area contributed by atoms with Crippen molar-refractivity contribution in [2.45, 2.75) is 123 Å². The van der Waals surface area contributed by atoms with Gasteiger partial charge >= 0.3 is 12.2 Å². The first-order valence-electron chi connectivity index (χ1n) is 19.4. The lowest BCUT2D eigenvalue weighted by Crippen LogP contribution is -2.43. The van der Waals surface area contributed by atoms with Crippen LogP contribution in [0.25, 0.3) is 28.0 Å². The first-order chi connectivity index (χ1) is 25.7. The van der Waals surface area contributed by atoms with E-state index in [1.54, 1.807) is 7.11 Å². The molecule has 2 aromatic carbocycles. The van der Waals surface area contributed by atoms with E-state index >= 15 is 0 Å². The van der Waals surface area contributed by atoms with Crippen LogP contribution in [0, 0.1) is 5.92 Å². The number of carbonyl (C=O) groups is 2. The normalized spacial score (nSPS) is 23.4. The molecule has 0 radical (unpaired) electrons. The minimum atomic E-state index is -0.572. The molecule has 4 atom stereocenters. The van der Waals surface area contributed by atoms with Crippen molar-refractivity contribution in [3.63, 3.8) is 0 Å². The topological polar surface area (TPSA) is 119 Å². The Kier molecular flexibility index (Phi) is 9.14. The molecular weight excluding hydrogens is 683 g/mol. The molecule has 0 bridgehead atoms. The second kappa shape index (κ2) is 13.6. The highest BCUT2D eigenvalue weighted by molar-refractivity contribution is 6.05. The van der Waals surface area contributed by atoms with Crippen LogP contribution in [0.1, 0.15) is 109 Å². The van der Waals surface area contributed by atoms with E-state index in [0.29, 0.717) is 26.2 Å². The van der Waals surface area contributed by atoms with Gasteiger partial charge in [0.2, 0.25) is 0 Å². The average molecular weight is 736 g/mol. The van der Waals surface area contributed by atoms with Crippen molar-refractivity contribution in [1.29, 1.82) is 0 Å². The highest BCUT2D eigenvalue weighted by Gasteiger charge is 2.43. The van der Waals surface area contributed by atoms with Crippen LogP contribution in [0.15, 0.2) is 47.2 Å². The zero-order valence-corrected chi connectivity index (χ0v) is 32.9. The Hall–Kier alpha value is -4.64. The maximum absolute atomic E-state index is 13.3. The number of aromatic nitrogens is 2. The number of allylic oxidation sites excluding steroid dienone is 2. The first kappa shape index (κ1) is 36.3. The molecule has 2 fully saturated rings. The highest BCUT2D eigenvalue weighted by atomic mass is 16.6. The number of methoxy groups -OCH3 is 1. The monoisotopic (exact) mass is 735 g/mol. The van der Waals surface area contributed by atoms with Gasteiger partial charge in [0.25, 0.3) is 0 Å². The molecule has 54 heavy (non-hydrogen) atoms. The number of nitrogens with one attached hydrogen (secondary N) is 1. The number of benzene rings is 2. The van der Waals surface area contributed by atoms with Crippen molar-refractivity contribution in [1.82, 2.24) is 19.8 Å². The van der Waals surface area contributed by atoms with Gasteiger partial charge in [-0.1, -0.05) is 12.1 Å². The zero-order chi connectivity index (χ0) is 38.1. The number of H-pyrrole nitrogens is 1. The molecule has 0 spiro atoms. The van der Waals surface area contributed by atoms with Crippen LogP contribution in [0.3, 0.4) is 0 Å². The first-order valence-corrected chi connectivity index (χ1v) is 19.4. The molecule has 0 saturated carbocycles. The van der Waals surface area contributed by atoms with E-state index in [4.69, 9.17) is 28.9 Å². The molecule has 2 amide bonds. The maximum Gasteiger partial charge on any atom is 0.411 e. The molecule has 11 nitrogen and oxygen atoms in total. The standard InChI is InChI=1S/C43H53N5O6/c1-24-9-14-36(48(24)41(50)54-43(5,6)7)39-44-20-35(46-39)27-10-12-29-28(16-27)23-52-38-19-30-26(17-32(29)38)11-13-33-31(30)18-34(45-33)37-15-25(22-51-8)21-47(37)40(49)53-42(2,3)4/h10,12,16-17,19-20,24-25,36-37H,9,11,13-15,18,21-23H2,1-8H3,(H,44,46)/t24-,25-,36-,37-/m0/s1. The van der Waals surface area contributed by atoms with Crippen molar-refractivity contribution < 1.29 is 28.5 Å². The van der Waals surface area contributed by atoms with Crippen molar-refractivity contribution in [2.75, 3.05) is 20.3 Å². The maximum atomic E-state index is 13.3. The summed E-state index contributed by atoms with van der Waals surface area (Å²) in [5.41, 5.74) is 10.1. The summed E-state index contributed by atoms with van der Waals surface area (Å²) in [5.74, 6) is 1.90. The number of fused-ring (bicyclic) bond motifs is 5. The van der Waals surface area contributed by atoms with Gasteiger partial charge in [0.15, 0.2) is 0 Å². The van der Waals surface area contributed by atoms with Crippen LogP contribution < -0.4 is 4.74 Å². The minimum Gasteiger partial charge on any atom is -0.488 e. The second-order valence-corrected chi connectivity index (χ2v) is 17.6. The smallest absolute Gasteiger partial charge is 0.411 e. The molecule has 286 valence electrons. The third-order valence-corrected chi connectivity index (χ3v) is 11.2. The van der Waals surface area contributed by atoms with Gasteiger partial charge in [0.05, 0.1) is 30.6 Å². The summed E-state index contributed by atoms with van der Waals surface area (Å²) >= 11 is 0. The number of hydrogen-bond acceptors (Lipinski definition) is 8. The molecule has 8 rings (SSSR count). The molecule has 2 saturated heterocycles. The Morgan fingerprint density at radius 1 is 0.926 bits per heavy atom. The van der Waals surface area contributed by atoms with Crippen molar-refractivity contribution in [2.24, 2.45) is 10.9 Å². The SMILES string of the molecule is COC[C@H]1C[C@@H](C2=NC3=C(C2)c2cc4c(cc2CC3)-c2ccc(-c3cnc([C@@H]5CC[C@H](C)N5C(=O)OC(C)(C)C)[nH]3)cc2CO4)N(C(=O)OC(C)(C)C)C1. The van der Waals surface area contributed by atoms with Crippen LogP contribution in [-0.4, -0.2) is 81.2 Å². The van der Waals surface area contributed by atoms with Gasteiger partial charge in [-0.25, -0.2) is 14.6 Å². The highest BCUT2D eigenvalue weighted by Crippen LogP contribution is 2.47. The van der Waals surface area contributed by atoms with Gasteiger partial charge in [-0.05, 0) is 132 Å². The lowest BCUT2D eigenvalue weighted by molar-refractivity contribution is 0.0150. The Balaban J connectivity index is 1.01. The van der Waals surface area contributed by atoms with Crippen molar-refractivity contribution in [3.05, 3.63) is 64.7 Å². The fourth-order valence-corrected chi connectivity index (χ4v) is 8.85. The lowest BCUT2D eigenvalue weighted by atomic mass is 9.83. The molecule has 4 aliphatic heterocycles. The number of aryl methyl sites for hydroxylation is 1. The fourth-order valence-electron chi connectivity index (χ4n) is 8.85. The zero-order valence-electron chi connectivity index (χ0n) is 32.9. The predicted octanol–water partition coefficient (Wildman–Crippen LogP) is 8.87. The number of hydrogen-bond donors (Lipinski definition) is 1. The number of nitrogens with zero attached hydrogens (tertiary/aromatic N) is 4. The van der Waals surface area contributed by atoms with Gasteiger partial charge in [-0.2, -0.15) is 0 Å². The number of carbonyl (C=O) groups excluding carboxylic acids is 2. The molecular formula is C43H53N5O6. The average Bonchev–Trinajstić information content (AvgIpc) is 3.91. The van der Waals surface area contributed by atoms with E-state index in [9.17, 15) is 9.59 Å². The second-order valence-electron chi connectivity index (χ2n) is 17.6. The van der Waals surface area contributed by atoms with Crippen molar-refractivity contribution in [3.8, 4) is 28.1 Å². The van der Waals surface area contributed by atoms with Gasteiger partial charge in [-0.15, -0.1) is 0 Å². The van der Waals surface area contributed by atoms with E-state index < -0.39 is 11.2 Å². The van der Waals surface area contributed by atoms with Gasteiger partial charge in [0, 0.05) is 49.0 Å². The van der Waals surface area contributed by atoms with Crippen molar-refractivity contribution >= 4 is 23.5 Å². The molecule has 1 aromatic heterocycles. The van der Waals surface area contributed by atoms with Gasteiger partial charge < -0.3 is 23.9 Å². The van der Waals surface area contributed by atoms with E-state index in [1.807, 2.05) is 57.5 Å². The molecule has 11 heteroatoms. The van der Waals surface area contributed by atoms with Crippen LogP contribution in [0.4, 0.5) is 9.59 Å². The lowest BCUT2D eigenvalue weighted by Gasteiger charge is -2.30. The van der Waals surface area contributed by atoms with E-state index in [1.165, 1.54) is 22.3 Å². The number of aromatic amines is 1. The number of imidazole rings is 1. The number of amides is 2. The third-order valence-electron chi connectivity index (χ3n) is 11.2. The Bertz CT molecular complexity index is 2050. The number of aliphatic imine (C=N–C) groups is 1. The third kappa shape index (κ3) is 6.91. The fraction of sp³-hybridized carbons (Fsp3) is 0.535. The Morgan fingerprint density at radius 2 is 1.70 bits per heavy atom. The molecule has 5 aliphatic rings. The summed E-state index contributed by atoms with van der Waals surface area (Å²) in [6.45, 7) is 15.1. The molecule has 5 heterocycles. The van der Waals surface area contributed by atoms with E-state index in [2.05, 4.69) is 42.2 Å². The summed E-state index contributed by atoms with van der Waals surface area (Å²) in [6.07, 6.45) is 6.30. The molecule has 0 unspecified atom stereocenters. The van der Waals surface area contributed by atoms with Gasteiger partial charge in [0.1, 0.15) is 29.4 Å². The summed E-state index contributed by atoms with van der Waals surface area (Å²) in [4.78, 5) is 43.6. The summed E-state index contributed by atoms with van der Waals surface area (Å²) in [6, 6.07) is 10.8.